The van der Waals surface area contributed by atoms with Gasteiger partial charge in [-0.15, -0.1) is 0 Å². The molecule has 0 aromatic rings. The predicted octanol–water partition coefficient (Wildman–Crippen LogP) is 2.19. The molecule has 1 N–H and O–H groups in total. The van der Waals surface area contributed by atoms with Crippen LogP contribution in [0.1, 0.15) is 39.5 Å². The van der Waals surface area contributed by atoms with Crippen molar-refractivity contribution in [1.82, 2.24) is 0 Å². The first kappa shape index (κ1) is 7.60. The number of aliphatic hydroxyl groups is 1. The summed E-state index contributed by atoms with van der Waals surface area (Å²) in [6, 6.07) is 0. The largest absolute Gasteiger partial charge is 0.393 e. The summed E-state index contributed by atoms with van der Waals surface area (Å²) < 4.78 is 0. The predicted molar refractivity (Wildman–Crippen MR) is 45.2 cm³/mol. The minimum Gasteiger partial charge on any atom is -0.393 e. The number of hydrogen-bond acceptors (Lipinski definition) is 1. The van der Waals surface area contributed by atoms with Gasteiger partial charge in [0.15, 0.2) is 0 Å². The van der Waals surface area contributed by atoms with Gasteiger partial charge in [-0.25, -0.2) is 0 Å². The molecular weight excluding hydrogens is 136 g/mol. The van der Waals surface area contributed by atoms with Gasteiger partial charge < -0.3 is 5.11 Å². The molecule has 2 rings (SSSR count). The summed E-state index contributed by atoms with van der Waals surface area (Å²) in [5.41, 5.74) is 0.397. The zero-order valence-electron chi connectivity index (χ0n) is 7.51. The van der Waals surface area contributed by atoms with Crippen molar-refractivity contribution in [1.29, 1.82) is 0 Å². The van der Waals surface area contributed by atoms with Gasteiger partial charge in [0.2, 0.25) is 0 Å². The molecule has 0 saturated heterocycles. The Hall–Kier alpha value is -0.0400. The third-order valence-corrected chi connectivity index (χ3v) is 3.52. The fourth-order valence-electron chi connectivity index (χ4n) is 2.99. The van der Waals surface area contributed by atoms with Crippen LogP contribution >= 0.6 is 0 Å². The second-order valence-corrected chi connectivity index (χ2v) is 4.83. The summed E-state index contributed by atoms with van der Waals surface area (Å²) in [5, 5.41) is 9.74. The highest BCUT2D eigenvalue weighted by atomic mass is 16.3. The smallest absolute Gasteiger partial charge is 0.0599 e. The first-order chi connectivity index (χ1) is 5.15. The van der Waals surface area contributed by atoms with Crippen molar-refractivity contribution in [3.8, 4) is 0 Å². The van der Waals surface area contributed by atoms with E-state index in [1.165, 1.54) is 19.3 Å². The average molecular weight is 154 g/mol. The van der Waals surface area contributed by atoms with E-state index in [4.69, 9.17) is 0 Å². The monoisotopic (exact) mass is 154 g/mol. The average Bonchev–Trinajstić information content (AvgIpc) is 2.51. The Morgan fingerprint density at radius 2 is 2.18 bits per heavy atom. The summed E-state index contributed by atoms with van der Waals surface area (Å²) in [4.78, 5) is 0. The lowest BCUT2D eigenvalue weighted by Gasteiger charge is -2.19. The van der Waals surface area contributed by atoms with Gasteiger partial charge in [-0.05, 0) is 42.9 Å². The van der Waals surface area contributed by atoms with Gasteiger partial charge in [-0.2, -0.15) is 0 Å². The molecule has 1 heteroatoms. The number of aliphatic hydroxyl groups excluding tert-OH is 1. The number of fused-ring (bicyclic) bond motifs is 1. The summed E-state index contributed by atoms with van der Waals surface area (Å²) in [5.74, 6) is 1.65. The molecule has 0 heterocycles. The van der Waals surface area contributed by atoms with Crippen molar-refractivity contribution in [3.63, 3.8) is 0 Å². The van der Waals surface area contributed by atoms with Crippen LogP contribution in [0.15, 0.2) is 0 Å². The molecule has 11 heavy (non-hydrogen) atoms. The molecule has 0 aromatic carbocycles. The molecule has 64 valence electrons. The van der Waals surface area contributed by atoms with Crippen molar-refractivity contribution < 1.29 is 5.11 Å². The molecule has 0 aliphatic heterocycles. The lowest BCUT2D eigenvalue weighted by molar-refractivity contribution is 0.0905. The van der Waals surface area contributed by atoms with Crippen LogP contribution in [-0.4, -0.2) is 11.2 Å². The van der Waals surface area contributed by atoms with Gasteiger partial charge >= 0.3 is 0 Å². The molecule has 3 atom stereocenters. The minimum atomic E-state index is 0.0369. The molecule has 0 spiro atoms. The Balaban J connectivity index is 2.01. The van der Waals surface area contributed by atoms with Gasteiger partial charge in [0.25, 0.3) is 0 Å². The Morgan fingerprint density at radius 3 is 2.55 bits per heavy atom. The molecule has 0 amide bonds. The van der Waals surface area contributed by atoms with Crippen molar-refractivity contribution in [2.75, 3.05) is 0 Å². The van der Waals surface area contributed by atoms with Crippen molar-refractivity contribution in [2.45, 2.75) is 45.6 Å². The third-order valence-electron chi connectivity index (χ3n) is 3.52. The second kappa shape index (κ2) is 2.22. The van der Waals surface area contributed by atoms with E-state index in [0.717, 1.165) is 18.3 Å². The highest BCUT2D eigenvalue weighted by molar-refractivity contribution is 5.11. The number of hydrogen-bond donors (Lipinski definition) is 1. The van der Waals surface area contributed by atoms with Crippen LogP contribution in [0.2, 0.25) is 0 Å². The van der Waals surface area contributed by atoms with Crippen LogP contribution in [-0.2, 0) is 0 Å². The Labute approximate surface area is 68.8 Å². The summed E-state index contributed by atoms with van der Waals surface area (Å²) >= 11 is 0. The normalized spacial score (nSPS) is 48.0. The van der Waals surface area contributed by atoms with Crippen LogP contribution in [0, 0.1) is 17.3 Å². The first-order valence-corrected chi connectivity index (χ1v) is 4.83. The van der Waals surface area contributed by atoms with E-state index >= 15 is 0 Å². The maximum Gasteiger partial charge on any atom is 0.0599 e. The van der Waals surface area contributed by atoms with Gasteiger partial charge in [-0.1, -0.05) is 13.8 Å². The van der Waals surface area contributed by atoms with Crippen molar-refractivity contribution >= 4 is 0 Å². The van der Waals surface area contributed by atoms with E-state index in [1.54, 1.807) is 0 Å². The molecule has 1 nitrogen and oxygen atoms in total. The van der Waals surface area contributed by atoms with E-state index in [-0.39, 0.29) is 6.10 Å². The van der Waals surface area contributed by atoms with Gasteiger partial charge in [0.1, 0.15) is 0 Å². The molecule has 0 aromatic heterocycles. The molecule has 2 aliphatic carbocycles. The molecule has 0 radical (unpaired) electrons. The van der Waals surface area contributed by atoms with Crippen molar-refractivity contribution in [3.05, 3.63) is 0 Å². The van der Waals surface area contributed by atoms with E-state index in [9.17, 15) is 5.11 Å². The zero-order chi connectivity index (χ0) is 8.06. The highest BCUT2D eigenvalue weighted by Gasteiger charge is 2.61. The number of rotatable bonds is 2. The van der Waals surface area contributed by atoms with Crippen LogP contribution < -0.4 is 0 Å². The van der Waals surface area contributed by atoms with Gasteiger partial charge in [-0.3, -0.25) is 0 Å². The first-order valence-electron chi connectivity index (χ1n) is 4.83. The Bertz CT molecular complexity index is 164. The van der Waals surface area contributed by atoms with Gasteiger partial charge in [0.05, 0.1) is 6.10 Å². The highest BCUT2D eigenvalue weighted by Crippen LogP contribution is 2.66. The quantitative estimate of drug-likeness (QED) is 0.646. The molecule has 0 bridgehead atoms. The molecular formula is C10H18O. The van der Waals surface area contributed by atoms with Crippen LogP contribution in [0.25, 0.3) is 0 Å². The maximum atomic E-state index is 9.74. The van der Waals surface area contributed by atoms with E-state index in [1.807, 2.05) is 0 Å². The van der Waals surface area contributed by atoms with Crippen LogP contribution in [0.4, 0.5) is 0 Å². The minimum absolute atomic E-state index is 0.0369. The summed E-state index contributed by atoms with van der Waals surface area (Å²) in [7, 11) is 0. The summed E-state index contributed by atoms with van der Waals surface area (Å²) in [6.45, 7) is 4.52. The fraction of sp³-hybridized carbons (Fsp3) is 1.00. The molecule has 3 unspecified atom stereocenters. The fourth-order valence-corrected chi connectivity index (χ4v) is 2.99. The van der Waals surface area contributed by atoms with Gasteiger partial charge in [0, 0.05) is 0 Å². The third kappa shape index (κ3) is 1.01. The SMILES string of the molecule is CC(C)CC12CC1CCC2O. The molecule has 2 aliphatic rings. The topological polar surface area (TPSA) is 20.2 Å². The van der Waals surface area contributed by atoms with E-state index < -0.39 is 0 Å². The van der Waals surface area contributed by atoms with Crippen LogP contribution in [0.5, 0.6) is 0 Å². The standard InChI is InChI=1S/C10H18O/c1-7(2)5-10-6-8(10)3-4-9(10)11/h7-9,11H,3-6H2,1-2H3. The zero-order valence-corrected chi connectivity index (χ0v) is 7.51. The maximum absolute atomic E-state index is 9.74. The molecule has 2 saturated carbocycles. The Morgan fingerprint density at radius 1 is 1.45 bits per heavy atom. The lowest BCUT2D eigenvalue weighted by atomic mass is 9.90. The van der Waals surface area contributed by atoms with E-state index in [2.05, 4.69) is 13.8 Å². The lowest BCUT2D eigenvalue weighted by Crippen LogP contribution is -2.20. The van der Waals surface area contributed by atoms with Crippen molar-refractivity contribution in [2.24, 2.45) is 17.3 Å². The molecule has 2 fully saturated rings. The summed E-state index contributed by atoms with van der Waals surface area (Å²) in [6.07, 6.45) is 4.95. The van der Waals surface area contributed by atoms with E-state index in [0.29, 0.717) is 5.41 Å². The van der Waals surface area contributed by atoms with Crippen LogP contribution in [0.3, 0.4) is 0 Å². The second-order valence-electron chi connectivity index (χ2n) is 4.83. The Kier molecular flexibility index (Phi) is 1.54.